The Morgan fingerprint density at radius 3 is 1.93 bits per heavy atom. The predicted octanol–water partition coefficient (Wildman–Crippen LogP) is 1.73. The van der Waals surface area contributed by atoms with Gasteiger partial charge in [0.05, 0.1) is 0 Å². The molecule has 2 atom stereocenters. The molecule has 2 saturated heterocycles. The topological polar surface area (TPSA) is 18.5 Å². The molecule has 0 amide bonds. The van der Waals surface area contributed by atoms with Gasteiger partial charge in [0.1, 0.15) is 0 Å². The molecule has 82 valence electrons. The molecule has 2 unspecified atom stereocenters. The Labute approximate surface area is 104 Å². The van der Waals surface area contributed by atoms with Gasteiger partial charge in [-0.15, -0.1) is 0 Å². The van der Waals surface area contributed by atoms with Gasteiger partial charge in [-0.2, -0.15) is 0 Å². The summed E-state index contributed by atoms with van der Waals surface area (Å²) in [5.41, 5.74) is 0. The first-order valence-corrected chi connectivity index (χ1v) is 8.80. The number of rotatable bonds is 6. The molecule has 0 spiro atoms. The molecule has 3 heterocycles. The standard InChI is InChI=1S/C10H12O2S2Se/c1-2-10(12-4-8-6-14-8)15-9(1)11-3-7-5-13-7/h1-2,7-8H,3-6H2. The molecule has 2 aliphatic heterocycles. The molecule has 15 heavy (non-hydrogen) atoms. The molecule has 0 saturated carbocycles. The molecule has 0 N–H and O–H groups in total. The minimum atomic E-state index is 0.291. The van der Waals surface area contributed by atoms with Crippen LogP contribution in [0.4, 0.5) is 0 Å². The van der Waals surface area contributed by atoms with Gasteiger partial charge in [-0.25, -0.2) is 0 Å². The molecular formula is C10H12O2S2Se. The summed E-state index contributed by atoms with van der Waals surface area (Å²) < 4.78 is 13.7. The van der Waals surface area contributed by atoms with Gasteiger partial charge in [0.25, 0.3) is 0 Å². The molecular weight excluding hydrogens is 295 g/mol. The fourth-order valence-electron chi connectivity index (χ4n) is 1.14. The summed E-state index contributed by atoms with van der Waals surface area (Å²) in [5, 5.41) is 1.52. The van der Waals surface area contributed by atoms with Crippen molar-refractivity contribution >= 4 is 38.0 Å². The van der Waals surface area contributed by atoms with Gasteiger partial charge >= 0.3 is 104 Å². The first-order valence-electron chi connectivity index (χ1n) is 4.99. The van der Waals surface area contributed by atoms with Crippen LogP contribution in [0, 0.1) is 0 Å². The Hall–Kier alpha value is 0.299. The van der Waals surface area contributed by atoms with E-state index in [-0.39, 0.29) is 0 Å². The first-order chi connectivity index (χ1) is 7.40. The maximum atomic E-state index is 5.71. The predicted molar refractivity (Wildman–Crippen MR) is 66.9 cm³/mol. The molecule has 2 aliphatic rings. The molecule has 2 fully saturated rings. The fraction of sp³-hybridized carbons (Fsp3) is 0.600. The van der Waals surface area contributed by atoms with Crippen molar-refractivity contribution in [3.05, 3.63) is 12.1 Å². The van der Waals surface area contributed by atoms with Crippen LogP contribution in [0.1, 0.15) is 0 Å². The molecule has 1 aromatic rings. The van der Waals surface area contributed by atoms with E-state index in [0.717, 1.165) is 33.0 Å². The molecule has 0 aliphatic carbocycles. The van der Waals surface area contributed by atoms with Crippen molar-refractivity contribution in [3.63, 3.8) is 0 Å². The van der Waals surface area contributed by atoms with E-state index in [9.17, 15) is 0 Å². The van der Waals surface area contributed by atoms with Crippen molar-refractivity contribution < 1.29 is 9.47 Å². The third-order valence-corrected chi connectivity index (χ3v) is 5.98. The zero-order valence-corrected chi connectivity index (χ0v) is 11.5. The summed E-state index contributed by atoms with van der Waals surface area (Å²) in [7, 11) is 0. The summed E-state index contributed by atoms with van der Waals surface area (Å²) in [6, 6.07) is 4.14. The van der Waals surface area contributed by atoms with Crippen LogP contribution >= 0.6 is 23.5 Å². The zero-order chi connectivity index (χ0) is 10.1. The second-order valence-corrected chi connectivity index (χ2v) is 8.39. The third-order valence-electron chi connectivity index (χ3n) is 2.18. The SMILES string of the molecule is c1cc(OCC2CS2)[se]c1OCC1CS1. The van der Waals surface area contributed by atoms with Gasteiger partial charge in [0, 0.05) is 0 Å². The second kappa shape index (κ2) is 4.66. The normalized spacial score (nSPS) is 27.5. The van der Waals surface area contributed by atoms with E-state index in [0.29, 0.717) is 14.5 Å². The Morgan fingerprint density at radius 2 is 1.53 bits per heavy atom. The Balaban J connectivity index is 1.45. The Bertz CT molecular complexity index is 303. The van der Waals surface area contributed by atoms with E-state index in [2.05, 4.69) is 12.1 Å². The van der Waals surface area contributed by atoms with Gasteiger partial charge in [-0.1, -0.05) is 0 Å². The van der Waals surface area contributed by atoms with E-state index in [1.807, 2.05) is 23.5 Å². The quantitative estimate of drug-likeness (QED) is 0.588. The van der Waals surface area contributed by atoms with Crippen LogP contribution in [0.3, 0.4) is 0 Å². The summed E-state index contributed by atoms with van der Waals surface area (Å²) in [5.74, 6) is 2.55. The van der Waals surface area contributed by atoms with Crippen LogP contribution in [0.5, 0.6) is 9.25 Å². The maximum absolute atomic E-state index is 5.71. The van der Waals surface area contributed by atoms with Gasteiger partial charge in [-0.3, -0.25) is 0 Å². The first kappa shape index (κ1) is 10.5. The average molecular weight is 307 g/mol. The van der Waals surface area contributed by atoms with E-state index in [4.69, 9.17) is 9.47 Å². The van der Waals surface area contributed by atoms with Crippen LogP contribution in [0.15, 0.2) is 12.1 Å². The van der Waals surface area contributed by atoms with E-state index >= 15 is 0 Å². The van der Waals surface area contributed by atoms with Crippen LogP contribution in [-0.2, 0) is 0 Å². The third kappa shape index (κ3) is 3.38. The molecule has 0 bridgehead atoms. The summed E-state index contributed by atoms with van der Waals surface area (Å²) in [4.78, 5) is 0. The molecule has 3 rings (SSSR count). The fourth-order valence-corrected chi connectivity index (χ4v) is 3.45. The van der Waals surface area contributed by atoms with Gasteiger partial charge < -0.3 is 0 Å². The van der Waals surface area contributed by atoms with E-state index in [1.54, 1.807) is 0 Å². The van der Waals surface area contributed by atoms with Crippen molar-refractivity contribution in [1.82, 2.24) is 0 Å². The van der Waals surface area contributed by atoms with Crippen LogP contribution in [0.2, 0.25) is 0 Å². The minimum absolute atomic E-state index is 0.291. The van der Waals surface area contributed by atoms with Crippen molar-refractivity contribution in [3.8, 4) is 9.25 Å². The van der Waals surface area contributed by atoms with Crippen molar-refractivity contribution in [2.45, 2.75) is 10.5 Å². The van der Waals surface area contributed by atoms with Gasteiger partial charge in [0.2, 0.25) is 0 Å². The van der Waals surface area contributed by atoms with Gasteiger partial charge in [-0.05, 0) is 0 Å². The summed E-state index contributed by atoms with van der Waals surface area (Å²) in [6.45, 7) is 1.77. The summed E-state index contributed by atoms with van der Waals surface area (Å²) >= 11 is 4.25. The van der Waals surface area contributed by atoms with Gasteiger partial charge in [0.15, 0.2) is 0 Å². The number of hydrogen-bond donors (Lipinski definition) is 0. The molecule has 0 radical (unpaired) electrons. The number of hydrogen-bond acceptors (Lipinski definition) is 4. The zero-order valence-electron chi connectivity index (χ0n) is 8.18. The Kier molecular flexibility index (Phi) is 3.25. The summed E-state index contributed by atoms with van der Waals surface area (Å²) in [6.07, 6.45) is 0. The van der Waals surface area contributed by atoms with Crippen LogP contribution in [0.25, 0.3) is 0 Å². The van der Waals surface area contributed by atoms with Crippen molar-refractivity contribution in [2.75, 3.05) is 24.7 Å². The number of ether oxygens (including phenoxy) is 2. The second-order valence-electron chi connectivity index (χ2n) is 3.61. The Morgan fingerprint density at radius 1 is 1.07 bits per heavy atom. The molecule has 5 heteroatoms. The van der Waals surface area contributed by atoms with Crippen LogP contribution < -0.4 is 9.47 Å². The average Bonchev–Trinajstić information content (AvgIpc) is 3.14. The van der Waals surface area contributed by atoms with Crippen molar-refractivity contribution in [1.29, 1.82) is 0 Å². The molecule has 1 aromatic heterocycles. The van der Waals surface area contributed by atoms with Crippen LogP contribution in [-0.4, -0.2) is 49.7 Å². The van der Waals surface area contributed by atoms with E-state index < -0.39 is 0 Å². The monoisotopic (exact) mass is 308 g/mol. The van der Waals surface area contributed by atoms with E-state index in [1.165, 1.54) is 11.5 Å². The molecule has 0 aromatic carbocycles. The van der Waals surface area contributed by atoms with Crippen molar-refractivity contribution in [2.24, 2.45) is 0 Å². The number of thioether (sulfide) groups is 2. The molecule has 2 nitrogen and oxygen atoms in total.